The number of alkyl halides is 1. The van der Waals surface area contributed by atoms with Gasteiger partial charge >= 0.3 is 0 Å². The fourth-order valence-electron chi connectivity index (χ4n) is 1.35. The zero-order valence-corrected chi connectivity index (χ0v) is 11.4. The molecule has 1 atom stereocenters. The number of hydrogen-bond acceptors (Lipinski definition) is 2. The first kappa shape index (κ1) is 14.0. The van der Waals surface area contributed by atoms with Crippen molar-refractivity contribution in [3.8, 4) is 5.75 Å². The summed E-state index contributed by atoms with van der Waals surface area (Å²) < 4.78 is 18.2. The standard InChI is InChI=1S/C12H15BrFNO2/c1-8(5-6-13)15-12(16)9-3-4-11(17-2)10(14)7-9/h3-4,7-8H,5-6H2,1-2H3,(H,15,16). The summed E-state index contributed by atoms with van der Waals surface area (Å²) >= 11 is 3.30. The first-order chi connectivity index (χ1) is 8.08. The van der Waals surface area contributed by atoms with E-state index in [9.17, 15) is 9.18 Å². The van der Waals surface area contributed by atoms with E-state index in [0.717, 1.165) is 11.8 Å². The molecule has 0 saturated carbocycles. The third-order valence-corrected chi connectivity index (χ3v) is 2.79. The maximum atomic E-state index is 13.4. The first-order valence-electron chi connectivity index (χ1n) is 5.29. The van der Waals surface area contributed by atoms with E-state index in [1.165, 1.54) is 25.3 Å². The summed E-state index contributed by atoms with van der Waals surface area (Å²) in [4.78, 5) is 11.7. The molecule has 0 aliphatic carbocycles. The molecule has 0 saturated heterocycles. The van der Waals surface area contributed by atoms with E-state index in [1.54, 1.807) is 0 Å². The molecule has 1 amide bonds. The van der Waals surface area contributed by atoms with Crippen LogP contribution in [0, 0.1) is 5.82 Å². The number of halogens is 2. The normalized spacial score (nSPS) is 12.0. The second-order valence-corrected chi connectivity index (χ2v) is 4.49. The molecule has 1 unspecified atom stereocenters. The molecule has 17 heavy (non-hydrogen) atoms. The van der Waals surface area contributed by atoms with E-state index in [-0.39, 0.29) is 17.7 Å². The van der Waals surface area contributed by atoms with Crippen molar-refractivity contribution in [3.05, 3.63) is 29.6 Å². The number of ether oxygens (including phenoxy) is 1. The van der Waals surface area contributed by atoms with Gasteiger partial charge in [-0.15, -0.1) is 0 Å². The highest BCUT2D eigenvalue weighted by Crippen LogP contribution is 2.17. The highest BCUT2D eigenvalue weighted by atomic mass is 79.9. The van der Waals surface area contributed by atoms with Crippen molar-refractivity contribution in [2.24, 2.45) is 0 Å². The number of hydrogen-bond donors (Lipinski definition) is 1. The average Bonchev–Trinajstić information content (AvgIpc) is 2.29. The lowest BCUT2D eigenvalue weighted by molar-refractivity contribution is 0.0939. The fraction of sp³-hybridized carbons (Fsp3) is 0.417. The molecule has 0 bridgehead atoms. The van der Waals surface area contributed by atoms with Crippen LogP contribution >= 0.6 is 15.9 Å². The minimum absolute atomic E-state index is 0.0482. The van der Waals surface area contributed by atoms with Crippen LogP contribution in [-0.4, -0.2) is 24.4 Å². The van der Waals surface area contributed by atoms with Crippen molar-refractivity contribution in [2.45, 2.75) is 19.4 Å². The smallest absolute Gasteiger partial charge is 0.251 e. The Bertz CT molecular complexity index is 398. The van der Waals surface area contributed by atoms with Crippen molar-refractivity contribution < 1.29 is 13.9 Å². The fourth-order valence-corrected chi connectivity index (χ4v) is 2.04. The van der Waals surface area contributed by atoms with Crippen LogP contribution in [-0.2, 0) is 0 Å². The number of benzene rings is 1. The molecule has 0 aliphatic rings. The van der Waals surface area contributed by atoms with Crippen LogP contribution in [0.5, 0.6) is 5.75 Å². The highest BCUT2D eigenvalue weighted by molar-refractivity contribution is 9.09. The molecular weight excluding hydrogens is 289 g/mol. The summed E-state index contributed by atoms with van der Waals surface area (Å²) in [6, 6.07) is 4.21. The Labute approximate surface area is 108 Å². The largest absolute Gasteiger partial charge is 0.494 e. The molecule has 1 N–H and O–H groups in total. The monoisotopic (exact) mass is 303 g/mol. The van der Waals surface area contributed by atoms with Crippen molar-refractivity contribution in [1.29, 1.82) is 0 Å². The summed E-state index contributed by atoms with van der Waals surface area (Å²) in [6.07, 6.45) is 0.824. The van der Waals surface area contributed by atoms with Gasteiger partial charge < -0.3 is 10.1 Å². The quantitative estimate of drug-likeness (QED) is 0.850. The van der Waals surface area contributed by atoms with Gasteiger partial charge in [0.2, 0.25) is 0 Å². The molecular formula is C12H15BrFNO2. The van der Waals surface area contributed by atoms with Gasteiger partial charge in [0.05, 0.1) is 7.11 Å². The van der Waals surface area contributed by atoms with Gasteiger partial charge in [0.1, 0.15) is 0 Å². The Morgan fingerprint density at radius 3 is 2.82 bits per heavy atom. The minimum Gasteiger partial charge on any atom is -0.494 e. The van der Waals surface area contributed by atoms with Crippen molar-refractivity contribution in [2.75, 3.05) is 12.4 Å². The molecule has 1 rings (SSSR count). The average molecular weight is 304 g/mol. The third kappa shape index (κ3) is 4.00. The predicted molar refractivity (Wildman–Crippen MR) is 68.3 cm³/mol. The van der Waals surface area contributed by atoms with Crippen LogP contribution in [0.25, 0.3) is 0 Å². The lowest BCUT2D eigenvalue weighted by atomic mass is 10.1. The summed E-state index contributed by atoms with van der Waals surface area (Å²) in [5, 5.41) is 3.60. The van der Waals surface area contributed by atoms with Gasteiger partial charge in [-0.2, -0.15) is 0 Å². The van der Waals surface area contributed by atoms with E-state index < -0.39 is 5.82 Å². The van der Waals surface area contributed by atoms with E-state index >= 15 is 0 Å². The molecule has 0 aliphatic heterocycles. The van der Waals surface area contributed by atoms with E-state index in [4.69, 9.17) is 4.74 Å². The molecule has 0 heterocycles. The third-order valence-electron chi connectivity index (χ3n) is 2.33. The second kappa shape index (κ2) is 6.59. The van der Waals surface area contributed by atoms with Gasteiger partial charge in [-0.3, -0.25) is 4.79 Å². The molecule has 5 heteroatoms. The number of rotatable bonds is 5. The summed E-state index contributed by atoms with van der Waals surface area (Å²) in [6.45, 7) is 1.90. The number of amides is 1. The maximum absolute atomic E-state index is 13.4. The van der Waals surface area contributed by atoms with Gasteiger partial charge in [-0.05, 0) is 31.5 Å². The Morgan fingerprint density at radius 2 is 2.29 bits per heavy atom. The predicted octanol–water partition coefficient (Wildman–Crippen LogP) is 2.74. The number of carbonyl (C=O) groups is 1. The minimum atomic E-state index is -0.534. The molecule has 94 valence electrons. The topological polar surface area (TPSA) is 38.3 Å². The number of methoxy groups -OCH3 is 1. The van der Waals surface area contributed by atoms with E-state index in [2.05, 4.69) is 21.2 Å². The van der Waals surface area contributed by atoms with Crippen LogP contribution in [0.1, 0.15) is 23.7 Å². The Morgan fingerprint density at radius 1 is 1.59 bits per heavy atom. The van der Waals surface area contributed by atoms with E-state index in [0.29, 0.717) is 5.56 Å². The number of carbonyl (C=O) groups excluding carboxylic acids is 1. The SMILES string of the molecule is COc1ccc(C(=O)NC(C)CCBr)cc1F. The Hall–Kier alpha value is -1.10. The van der Waals surface area contributed by atoms with Gasteiger partial charge in [0.25, 0.3) is 5.91 Å². The van der Waals surface area contributed by atoms with Crippen molar-refractivity contribution in [3.63, 3.8) is 0 Å². The number of nitrogens with one attached hydrogen (secondary N) is 1. The molecule has 0 fully saturated rings. The van der Waals surface area contributed by atoms with Gasteiger partial charge in [0, 0.05) is 16.9 Å². The van der Waals surface area contributed by atoms with Crippen molar-refractivity contribution in [1.82, 2.24) is 5.32 Å². The zero-order valence-electron chi connectivity index (χ0n) is 9.80. The lowest BCUT2D eigenvalue weighted by Gasteiger charge is -2.12. The zero-order chi connectivity index (χ0) is 12.8. The van der Waals surface area contributed by atoms with E-state index in [1.807, 2.05) is 6.92 Å². The lowest BCUT2D eigenvalue weighted by Crippen LogP contribution is -2.32. The first-order valence-corrected chi connectivity index (χ1v) is 6.41. The summed E-state index contributed by atoms with van der Waals surface area (Å²) in [5.74, 6) is -0.677. The molecule has 0 spiro atoms. The van der Waals surface area contributed by atoms with Gasteiger partial charge in [-0.25, -0.2) is 4.39 Å². The summed E-state index contributed by atoms with van der Waals surface area (Å²) in [7, 11) is 1.39. The maximum Gasteiger partial charge on any atom is 0.251 e. The van der Waals surface area contributed by atoms with Crippen LogP contribution in [0.3, 0.4) is 0 Å². The van der Waals surface area contributed by atoms with Crippen LogP contribution in [0.2, 0.25) is 0 Å². The molecule has 3 nitrogen and oxygen atoms in total. The van der Waals surface area contributed by atoms with Crippen LogP contribution in [0.4, 0.5) is 4.39 Å². The summed E-state index contributed by atoms with van der Waals surface area (Å²) in [5.41, 5.74) is 0.296. The molecule has 1 aromatic carbocycles. The second-order valence-electron chi connectivity index (χ2n) is 3.70. The molecule has 0 radical (unpaired) electrons. The highest BCUT2D eigenvalue weighted by Gasteiger charge is 2.12. The van der Waals surface area contributed by atoms with Gasteiger partial charge in [-0.1, -0.05) is 15.9 Å². The molecule has 0 aromatic heterocycles. The Kier molecular flexibility index (Phi) is 5.41. The van der Waals surface area contributed by atoms with Crippen molar-refractivity contribution >= 4 is 21.8 Å². The van der Waals surface area contributed by atoms with Gasteiger partial charge in [0.15, 0.2) is 11.6 Å². The Balaban J connectivity index is 2.72. The van der Waals surface area contributed by atoms with Crippen LogP contribution in [0.15, 0.2) is 18.2 Å². The molecule has 1 aromatic rings. The van der Waals surface area contributed by atoms with Crippen LogP contribution < -0.4 is 10.1 Å².